The first kappa shape index (κ1) is 18.4. The molecule has 0 radical (unpaired) electrons. The third-order valence-electron chi connectivity index (χ3n) is 5.78. The lowest BCUT2D eigenvalue weighted by Crippen LogP contribution is -2.53. The average Bonchev–Trinajstić information content (AvgIpc) is 2.73. The summed E-state index contributed by atoms with van der Waals surface area (Å²) in [4.78, 5) is 30.3. The van der Waals surface area contributed by atoms with E-state index < -0.39 is 0 Å². The predicted octanol–water partition coefficient (Wildman–Crippen LogP) is 2.88. The van der Waals surface area contributed by atoms with Crippen LogP contribution in [0.1, 0.15) is 30.5 Å². The molecule has 3 heterocycles. The molecule has 0 aliphatic carbocycles. The summed E-state index contributed by atoms with van der Waals surface area (Å²) in [6.07, 6.45) is 6.17. The lowest BCUT2D eigenvalue weighted by Gasteiger charge is -2.45. The fourth-order valence-corrected chi connectivity index (χ4v) is 4.44. The van der Waals surface area contributed by atoms with Crippen molar-refractivity contribution in [3.05, 3.63) is 64.0 Å². The zero-order chi connectivity index (χ0) is 19.5. The quantitative estimate of drug-likeness (QED) is 0.636. The number of non-ortho nitro benzene ring substituents is 1. The van der Waals surface area contributed by atoms with Gasteiger partial charge in [0.2, 0.25) is 5.91 Å². The molecule has 0 saturated carbocycles. The number of pyridine rings is 1. The lowest BCUT2D eigenvalue weighted by molar-refractivity contribution is -0.384. The van der Waals surface area contributed by atoms with Crippen LogP contribution in [0.5, 0.6) is 0 Å². The molecular formula is C21H24N4O3. The number of anilines is 1. The zero-order valence-electron chi connectivity index (χ0n) is 15.7. The zero-order valence-corrected chi connectivity index (χ0v) is 15.7. The van der Waals surface area contributed by atoms with Gasteiger partial charge in [0.1, 0.15) is 0 Å². The van der Waals surface area contributed by atoms with Crippen LogP contribution in [0.4, 0.5) is 11.4 Å². The number of hydrogen-bond acceptors (Lipinski definition) is 5. The second kappa shape index (κ2) is 7.96. The van der Waals surface area contributed by atoms with Gasteiger partial charge in [-0.15, -0.1) is 0 Å². The van der Waals surface area contributed by atoms with Crippen molar-refractivity contribution in [3.63, 3.8) is 0 Å². The number of rotatable bonds is 5. The Bertz CT molecular complexity index is 871. The lowest BCUT2D eigenvalue weighted by atomic mass is 9.80. The van der Waals surface area contributed by atoms with E-state index in [2.05, 4.69) is 15.2 Å². The second-order valence-corrected chi connectivity index (χ2v) is 7.50. The van der Waals surface area contributed by atoms with Crippen molar-refractivity contribution in [1.29, 1.82) is 0 Å². The van der Waals surface area contributed by atoms with E-state index in [0.29, 0.717) is 19.4 Å². The van der Waals surface area contributed by atoms with Crippen molar-refractivity contribution in [2.24, 2.45) is 5.92 Å². The minimum Gasteiger partial charge on any atom is -0.368 e. The van der Waals surface area contributed by atoms with Crippen molar-refractivity contribution in [1.82, 2.24) is 10.3 Å². The van der Waals surface area contributed by atoms with Crippen molar-refractivity contribution in [2.75, 3.05) is 18.0 Å². The van der Waals surface area contributed by atoms with Crippen LogP contribution in [0.2, 0.25) is 0 Å². The molecule has 1 amide bonds. The maximum Gasteiger partial charge on any atom is 0.269 e. The van der Waals surface area contributed by atoms with Crippen LogP contribution in [0.25, 0.3) is 0 Å². The normalized spacial score (nSPS) is 20.8. The van der Waals surface area contributed by atoms with Gasteiger partial charge in [0, 0.05) is 55.3 Å². The van der Waals surface area contributed by atoms with Crippen molar-refractivity contribution in [3.8, 4) is 0 Å². The third kappa shape index (κ3) is 3.69. The average molecular weight is 380 g/mol. The van der Waals surface area contributed by atoms with Crippen LogP contribution < -0.4 is 10.2 Å². The van der Waals surface area contributed by atoms with Crippen LogP contribution in [-0.4, -0.2) is 34.9 Å². The van der Waals surface area contributed by atoms with Gasteiger partial charge in [0.05, 0.1) is 10.8 Å². The molecule has 1 aromatic carbocycles. The number of piperidine rings is 1. The Morgan fingerprint density at radius 2 is 2.18 bits per heavy atom. The molecule has 1 fully saturated rings. The first-order valence-electron chi connectivity index (χ1n) is 9.85. The summed E-state index contributed by atoms with van der Waals surface area (Å²) >= 11 is 0. The van der Waals surface area contributed by atoms with Crippen molar-refractivity contribution >= 4 is 17.3 Å². The van der Waals surface area contributed by atoms with E-state index in [1.54, 1.807) is 18.3 Å². The minimum atomic E-state index is -0.371. The standard InChI is InChI=1S/C21H24N4O3/c26-21(23-11-9-16-5-1-3-10-22-16)18-14-15-13-17(25(27)28)7-8-19(15)24-12-4-2-6-20(18)24/h1,3,5,7-8,10,13,18,20H,2,4,6,9,11-12,14H2,(H,23,26)/t18-,20-/m1/s1. The summed E-state index contributed by atoms with van der Waals surface area (Å²) in [7, 11) is 0. The smallest absolute Gasteiger partial charge is 0.269 e. The number of carbonyl (C=O) groups excluding carboxylic acids is 1. The highest BCUT2D eigenvalue weighted by atomic mass is 16.6. The van der Waals surface area contributed by atoms with Crippen LogP contribution in [0.15, 0.2) is 42.6 Å². The Kier molecular flexibility index (Phi) is 5.23. The number of aromatic nitrogens is 1. The molecule has 146 valence electrons. The molecule has 7 heteroatoms. The molecule has 4 rings (SSSR count). The molecule has 2 aromatic rings. The van der Waals surface area contributed by atoms with Crippen LogP contribution in [0, 0.1) is 16.0 Å². The molecule has 0 spiro atoms. The molecule has 2 atom stereocenters. The number of nitrogens with one attached hydrogen (secondary N) is 1. The van der Waals surface area contributed by atoms with Gasteiger partial charge < -0.3 is 10.2 Å². The van der Waals surface area contributed by atoms with Gasteiger partial charge in [-0.2, -0.15) is 0 Å². The van der Waals surface area contributed by atoms with Gasteiger partial charge in [0.15, 0.2) is 0 Å². The fraction of sp³-hybridized carbons (Fsp3) is 0.429. The summed E-state index contributed by atoms with van der Waals surface area (Å²) in [5, 5.41) is 14.2. The molecule has 28 heavy (non-hydrogen) atoms. The SMILES string of the molecule is O=C(NCCc1ccccn1)[C@@H]1Cc2cc([N+](=O)[O-])ccc2N2CCCC[C@H]12. The number of nitro groups is 1. The van der Waals surface area contributed by atoms with Gasteiger partial charge >= 0.3 is 0 Å². The number of hydrogen-bond donors (Lipinski definition) is 1. The highest BCUT2D eigenvalue weighted by Crippen LogP contribution is 2.39. The highest BCUT2D eigenvalue weighted by Gasteiger charge is 2.39. The highest BCUT2D eigenvalue weighted by molar-refractivity contribution is 5.82. The van der Waals surface area contributed by atoms with E-state index >= 15 is 0 Å². The van der Waals surface area contributed by atoms with Gasteiger partial charge in [-0.3, -0.25) is 19.9 Å². The Balaban J connectivity index is 1.50. The Hall–Kier alpha value is -2.96. The van der Waals surface area contributed by atoms with Crippen LogP contribution >= 0.6 is 0 Å². The maximum absolute atomic E-state index is 13.0. The summed E-state index contributed by atoms with van der Waals surface area (Å²) in [6, 6.07) is 11.0. The summed E-state index contributed by atoms with van der Waals surface area (Å²) in [5.74, 6) is -0.150. The number of nitro benzene ring substituents is 1. The van der Waals surface area contributed by atoms with E-state index in [4.69, 9.17) is 0 Å². The van der Waals surface area contributed by atoms with E-state index in [1.165, 1.54) is 0 Å². The topological polar surface area (TPSA) is 88.4 Å². The first-order chi connectivity index (χ1) is 13.6. The third-order valence-corrected chi connectivity index (χ3v) is 5.78. The number of benzene rings is 1. The van der Waals surface area contributed by atoms with Crippen LogP contribution in [-0.2, 0) is 17.6 Å². The Labute approximate surface area is 163 Å². The summed E-state index contributed by atoms with van der Waals surface area (Å²) < 4.78 is 0. The van der Waals surface area contributed by atoms with E-state index in [0.717, 1.165) is 42.8 Å². The second-order valence-electron chi connectivity index (χ2n) is 7.50. The number of nitrogens with zero attached hydrogens (tertiary/aromatic N) is 3. The molecule has 0 unspecified atom stereocenters. The van der Waals surface area contributed by atoms with Gasteiger partial charge in [-0.05, 0) is 49.4 Å². The first-order valence-corrected chi connectivity index (χ1v) is 9.85. The monoisotopic (exact) mass is 380 g/mol. The minimum absolute atomic E-state index is 0.0324. The number of amides is 1. The molecule has 2 aliphatic rings. The molecule has 0 bridgehead atoms. The van der Waals surface area contributed by atoms with Gasteiger partial charge in [-0.1, -0.05) is 6.07 Å². The molecular weight excluding hydrogens is 356 g/mol. The van der Waals surface area contributed by atoms with Gasteiger partial charge in [0.25, 0.3) is 5.69 Å². The molecule has 1 saturated heterocycles. The maximum atomic E-state index is 13.0. The van der Waals surface area contributed by atoms with Gasteiger partial charge in [-0.25, -0.2) is 0 Å². The molecule has 1 aromatic heterocycles. The van der Waals surface area contributed by atoms with E-state index in [-0.39, 0.29) is 28.5 Å². The summed E-state index contributed by atoms with van der Waals surface area (Å²) in [5.41, 5.74) is 2.99. The largest absolute Gasteiger partial charge is 0.368 e. The predicted molar refractivity (Wildman–Crippen MR) is 106 cm³/mol. The Morgan fingerprint density at radius 1 is 1.29 bits per heavy atom. The molecule has 1 N–H and O–H groups in total. The molecule has 7 nitrogen and oxygen atoms in total. The number of fused-ring (bicyclic) bond motifs is 3. The fourth-order valence-electron chi connectivity index (χ4n) is 4.44. The van der Waals surface area contributed by atoms with Crippen molar-refractivity contribution in [2.45, 2.75) is 38.1 Å². The van der Waals surface area contributed by atoms with Crippen LogP contribution in [0.3, 0.4) is 0 Å². The number of carbonyl (C=O) groups is 1. The van der Waals surface area contributed by atoms with E-state index in [1.807, 2.05) is 24.3 Å². The van der Waals surface area contributed by atoms with Crippen molar-refractivity contribution < 1.29 is 9.72 Å². The summed E-state index contributed by atoms with van der Waals surface area (Å²) in [6.45, 7) is 1.44. The van der Waals surface area contributed by atoms with E-state index in [9.17, 15) is 14.9 Å². The Morgan fingerprint density at radius 3 is 2.96 bits per heavy atom. The molecule has 2 aliphatic heterocycles.